The number of para-hydroxylation sites is 2. The van der Waals surface area contributed by atoms with Gasteiger partial charge < -0.3 is 19.5 Å². The van der Waals surface area contributed by atoms with Crippen LogP contribution in [0.1, 0.15) is 13.8 Å². The Balaban J connectivity index is 1.97. The van der Waals surface area contributed by atoms with Gasteiger partial charge in [-0.25, -0.2) is 0 Å². The molecule has 1 aliphatic heterocycles. The fourth-order valence-electron chi connectivity index (χ4n) is 1.87. The van der Waals surface area contributed by atoms with Crippen LogP contribution in [0.15, 0.2) is 24.3 Å². The summed E-state index contributed by atoms with van der Waals surface area (Å²) in [4.78, 5) is 0. The molecule has 4 nitrogen and oxygen atoms in total. The minimum atomic E-state index is -4.37. The summed E-state index contributed by atoms with van der Waals surface area (Å²) < 4.78 is 52.5. The zero-order valence-corrected chi connectivity index (χ0v) is 11.9. The molecule has 0 unspecified atom stereocenters. The van der Waals surface area contributed by atoms with E-state index in [0.717, 1.165) is 0 Å². The maximum Gasteiger partial charge on any atom is 0.422 e. The van der Waals surface area contributed by atoms with Crippen LogP contribution in [-0.2, 0) is 9.47 Å². The lowest BCUT2D eigenvalue weighted by Crippen LogP contribution is -2.45. The maximum atomic E-state index is 12.2. The number of alkyl halides is 3. The van der Waals surface area contributed by atoms with Gasteiger partial charge in [0.05, 0.1) is 24.9 Å². The summed E-state index contributed by atoms with van der Waals surface area (Å²) in [6.07, 6.45) is -4.37. The molecular weight excluding hydrogens is 287 g/mol. The van der Waals surface area contributed by atoms with Crippen LogP contribution < -0.4 is 10.1 Å². The van der Waals surface area contributed by atoms with Gasteiger partial charge in [-0.3, -0.25) is 0 Å². The molecule has 0 aliphatic carbocycles. The summed E-state index contributed by atoms with van der Waals surface area (Å²) in [7, 11) is 0. The topological polar surface area (TPSA) is 39.7 Å². The quantitative estimate of drug-likeness (QED) is 0.927. The third kappa shape index (κ3) is 5.09. The van der Waals surface area contributed by atoms with Gasteiger partial charge in [0, 0.05) is 0 Å². The highest BCUT2D eigenvalue weighted by atomic mass is 19.4. The maximum absolute atomic E-state index is 12.2. The molecule has 0 amide bonds. The van der Waals surface area contributed by atoms with Crippen LogP contribution in [-0.4, -0.2) is 37.8 Å². The molecular formula is C14H18F3NO3. The number of rotatable bonds is 4. The van der Waals surface area contributed by atoms with Gasteiger partial charge in [-0.15, -0.1) is 0 Å². The van der Waals surface area contributed by atoms with E-state index in [4.69, 9.17) is 14.2 Å². The smallest absolute Gasteiger partial charge is 0.422 e. The van der Waals surface area contributed by atoms with Gasteiger partial charge in [-0.1, -0.05) is 12.1 Å². The number of benzene rings is 1. The highest BCUT2D eigenvalue weighted by Gasteiger charge is 2.30. The number of anilines is 1. The zero-order valence-electron chi connectivity index (χ0n) is 11.9. The van der Waals surface area contributed by atoms with Crippen molar-refractivity contribution in [1.82, 2.24) is 0 Å². The monoisotopic (exact) mass is 305 g/mol. The van der Waals surface area contributed by atoms with E-state index >= 15 is 0 Å². The van der Waals surface area contributed by atoms with E-state index in [-0.39, 0.29) is 11.8 Å². The highest BCUT2D eigenvalue weighted by molar-refractivity contribution is 5.56. The molecule has 0 radical (unpaired) electrons. The van der Waals surface area contributed by atoms with Crippen LogP contribution in [0, 0.1) is 0 Å². The number of hydrogen-bond donors (Lipinski definition) is 1. The molecule has 2 rings (SSSR count). The van der Waals surface area contributed by atoms with Crippen molar-refractivity contribution in [3.05, 3.63) is 24.3 Å². The molecule has 0 spiro atoms. The van der Waals surface area contributed by atoms with Crippen LogP contribution in [0.5, 0.6) is 5.75 Å². The molecule has 1 aromatic rings. The van der Waals surface area contributed by atoms with Crippen molar-refractivity contribution in [2.24, 2.45) is 0 Å². The molecule has 1 heterocycles. The van der Waals surface area contributed by atoms with Crippen LogP contribution >= 0.6 is 0 Å². The van der Waals surface area contributed by atoms with E-state index in [0.29, 0.717) is 18.9 Å². The lowest BCUT2D eigenvalue weighted by Gasteiger charge is -2.35. The summed E-state index contributed by atoms with van der Waals surface area (Å²) in [5.41, 5.74) is 0.485. The largest absolute Gasteiger partial charge is 0.482 e. The fourth-order valence-corrected chi connectivity index (χ4v) is 1.87. The molecule has 7 heteroatoms. The minimum absolute atomic E-state index is 0.145. The predicted octanol–water partition coefficient (Wildman–Crippen LogP) is 3.19. The van der Waals surface area contributed by atoms with E-state index in [9.17, 15) is 13.2 Å². The molecule has 118 valence electrons. The van der Waals surface area contributed by atoms with E-state index in [1.54, 1.807) is 18.2 Å². The van der Waals surface area contributed by atoms with Crippen LogP contribution in [0.3, 0.4) is 0 Å². The SMILES string of the molecule is CC1(C)OCC(Nc2ccccc2OCC(F)(F)F)CO1. The first-order valence-corrected chi connectivity index (χ1v) is 6.58. The van der Waals surface area contributed by atoms with E-state index in [1.807, 2.05) is 13.8 Å². The molecule has 21 heavy (non-hydrogen) atoms. The lowest BCUT2D eigenvalue weighted by molar-refractivity contribution is -0.247. The second kappa shape index (κ2) is 6.11. The van der Waals surface area contributed by atoms with Gasteiger partial charge in [0.15, 0.2) is 12.4 Å². The molecule has 1 N–H and O–H groups in total. The fraction of sp³-hybridized carbons (Fsp3) is 0.571. The summed E-state index contributed by atoms with van der Waals surface area (Å²) in [5.74, 6) is -0.482. The summed E-state index contributed by atoms with van der Waals surface area (Å²) in [5, 5.41) is 3.08. The van der Waals surface area contributed by atoms with E-state index in [1.165, 1.54) is 6.07 Å². The number of ether oxygens (including phenoxy) is 3. The third-order valence-electron chi connectivity index (χ3n) is 2.90. The molecule has 0 atom stereocenters. The van der Waals surface area contributed by atoms with Crippen molar-refractivity contribution in [3.8, 4) is 5.75 Å². The molecule has 0 bridgehead atoms. The lowest BCUT2D eigenvalue weighted by atomic mass is 10.2. The van der Waals surface area contributed by atoms with Gasteiger partial charge in [0.2, 0.25) is 0 Å². The average Bonchev–Trinajstić information content (AvgIpc) is 2.39. The molecule has 0 saturated carbocycles. The molecule has 1 aromatic carbocycles. The van der Waals surface area contributed by atoms with E-state index in [2.05, 4.69) is 5.32 Å². The molecule has 1 fully saturated rings. The van der Waals surface area contributed by atoms with Crippen molar-refractivity contribution in [2.45, 2.75) is 31.9 Å². The van der Waals surface area contributed by atoms with Crippen molar-refractivity contribution >= 4 is 5.69 Å². The van der Waals surface area contributed by atoms with Crippen molar-refractivity contribution in [3.63, 3.8) is 0 Å². The average molecular weight is 305 g/mol. The Labute approximate surface area is 121 Å². The van der Waals surface area contributed by atoms with E-state index < -0.39 is 18.6 Å². The standard InChI is InChI=1S/C14H18F3NO3/c1-13(2)20-7-10(8-21-13)18-11-5-3-4-6-12(11)19-9-14(15,16)17/h3-6,10,18H,7-9H2,1-2H3. The number of nitrogens with one attached hydrogen (secondary N) is 1. The summed E-state index contributed by atoms with van der Waals surface area (Å²) in [6.45, 7) is 3.10. The molecule has 1 aliphatic rings. The zero-order chi connectivity index (χ0) is 15.5. The minimum Gasteiger partial charge on any atom is -0.482 e. The first kappa shape index (κ1) is 15.9. The Bertz CT molecular complexity index is 467. The van der Waals surface area contributed by atoms with Gasteiger partial charge in [-0.2, -0.15) is 13.2 Å². The number of hydrogen-bond acceptors (Lipinski definition) is 4. The number of halogens is 3. The second-order valence-corrected chi connectivity index (χ2v) is 5.26. The molecule has 0 aromatic heterocycles. The Hall–Kier alpha value is -1.47. The third-order valence-corrected chi connectivity index (χ3v) is 2.90. The second-order valence-electron chi connectivity index (χ2n) is 5.26. The predicted molar refractivity (Wildman–Crippen MR) is 71.4 cm³/mol. The van der Waals surface area contributed by atoms with Gasteiger partial charge in [0.25, 0.3) is 0 Å². The Kier molecular flexibility index (Phi) is 4.63. The summed E-state index contributed by atoms with van der Waals surface area (Å²) in [6, 6.07) is 6.34. The van der Waals surface area contributed by atoms with Gasteiger partial charge in [-0.05, 0) is 26.0 Å². The first-order chi connectivity index (χ1) is 9.75. The van der Waals surface area contributed by atoms with Crippen molar-refractivity contribution in [1.29, 1.82) is 0 Å². The summed E-state index contributed by atoms with van der Waals surface area (Å²) >= 11 is 0. The van der Waals surface area contributed by atoms with Gasteiger partial charge in [0.1, 0.15) is 5.75 Å². The highest BCUT2D eigenvalue weighted by Crippen LogP contribution is 2.28. The first-order valence-electron chi connectivity index (χ1n) is 6.58. The Morgan fingerprint density at radius 2 is 1.86 bits per heavy atom. The van der Waals surface area contributed by atoms with Crippen LogP contribution in [0.4, 0.5) is 18.9 Å². The normalized spacial score (nSPS) is 19.3. The van der Waals surface area contributed by atoms with Crippen molar-refractivity contribution in [2.75, 3.05) is 25.1 Å². The van der Waals surface area contributed by atoms with Crippen molar-refractivity contribution < 1.29 is 27.4 Å². The van der Waals surface area contributed by atoms with Crippen LogP contribution in [0.2, 0.25) is 0 Å². The van der Waals surface area contributed by atoms with Gasteiger partial charge >= 0.3 is 6.18 Å². The Morgan fingerprint density at radius 3 is 2.48 bits per heavy atom. The molecule has 1 saturated heterocycles. The van der Waals surface area contributed by atoms with Crippen LogP contribution in [0.25, 0.3) is 0 Å². The Morgan fingerprint density at radius 1 is 1.24 bits per heavy atom.